The molecular formula is C19H22FN3O3S. The van der Waals surface area contributed by atoms with Gasteiger partial charge in [0.2, 0.25) is 0 Å². The Morgan fingerprint density at radius 2 is 1.74 bits per heavy atom. The maximum absolute atomic E-state index is 12.9. The molecule has 144 valence electrons. The van der Waals surface area contributed by atoms with Gasteiger partial charge >= 0.3 is 0 Å². The molecule has 0 saturated carbocycles. The molecule has 0 atom stereocenters. The van der Waals surface area contributed by atoms with Gasteiger partial charge in [0.25, 0.3) is 5.91 Å². The van der Waals surface area contributed by atoms with E-state index in [1.165, 1.54) is 12.1 Å². The quantitative estimate of drug-likeness (QED) is 0.761. The Balaban J connectivity index is 1.44. The molecule has 1 aromatic carbocycles. The molecule has 0 aliphatic carbocycles. The molecule has 1 amide bonds. The van der Waals surface area contributed by atoms with Crippen LogP contribution >= 0.6 is 0 Å². The SMILES string of the molecule is O=C(c1ccncc1)N1CCC(NCCS(=O)(=O)c2ccc(F)cc2)CC1. The third kappa shape index (κ3) is 5.11. The van der Waals surface area contributed by atoms with Crippen LogP contribution in [0, 0.1) is 5.82 Å². The lowest BCUT2D eigenvalue weighted by Gasteiger charge is -2.32. The van der Waals surface area contributed by atoms with Gasteiger partial charge in [-0.15, -0.1) is 0 Å². The molecule has 1 aliphatic rings. The first kappa shape index (κ1) is 19.4. The van der Waals surface area contributed by atoms with E-state index in [2.05, 4.69) is 10.3 Å². The first-order chi connectivity index (χ1) is 13.0. The van der Waals surface area contributed by atoms with Gasteiger partial charge < -0.3 is 10.2 Å². The number of amides is 1. The average molecular weight is 391 g/mol. The van der Waals surface area contributed by atoms with Crippen molar-refractivity contribution in [2.75, 3.05) is 25.4 Å². The van der Waals surface area contributed by atoms with Gasteiger partial charge in [-0.25, -0.2) is 12.8 Å². The molecule has 0 bridgehead atoms. The number of aromatic nitrogens is 1. The highest BCUT2D eigenvalue weighted by atomic mass is 32.2. The summed E-state index contributed by atoms with van der Waals surface area (Å²) in [5, 5.41) is 3.26. The van der Waals surface area contributed by atoms with Crippen LogP contribution in [-0.4, -0.2) is 55.6 Å². The van der Waals surface area contributed by atoms with Gasteiger partial charge in [0, 0.05) is 43.6 Å². The normalized spacial score (nSPS) is 15.7. The number of nitrogens with one attached hydrogen (secondary N) is 1. The molecule has 0 radical (unpaired) electrons. The number of hydrogen-bond acceptors (Lipinski definition) is 5. The van der Waals surface area contributed by atoms with E-state index >= 15 is 0 Å². The van der Waals surface area contributed by atoms with E-state index < -0.39 is 15.7 Å². The lowest BCUT2D eigenvalue weighted by molar-refractivity contribution is 0.0706. The molecular weight excluding hydrogens is 369 g/mol. The van der Waals surface area contributed by atoms with E-state index in [4.69, 9.17) is 0 Å². The van der Waals surface area contributed by atoms with Crippen molar-refractivity contribution in [2.24, 2.45) is 0 Å². The van der Waals surface area contributed by atoms with Crippen molar-refractivity contribution in [1.29, 1.82) is 0 Å². The maximum atomic E-state index is 12.9. The zero-order valence-electron chi connectivity index (χ0n) is 14.8. The number of piperidine rings is 1. The van der Waals surface area contributed by atoms with Gasteiger partial charge in [-0.3, -0.25) is 9.78 Å². The fraction of sp³-hybridized carbons (Fsp3) is 0.368. The van der Waals surface area contributed by atoms with Crippen molar-refractivity contribution in [1.82, 2.24) is 15.2 Å². The Hall–Kier alpha value is -2.32. The van der Waals surface area contributed by atoms with E-state index in [0.29, 0.717) is 25.2 Å². The van der Waals surface area contributed by atoms with Crippen LogP contribution in [-0.2, 0) is 9.84 Å². The second-order valence-electron chi connectivity index (χ2n) is 6.53. The highest BCUT2D eigenvalue weighted by Crippen LogP contribution is 2.15. The van der Waals surface area contributed by atoms with Crippen LogP contribution in [0.25, 0.3) is 0 Å². The predicted octanol–water partition coefficient (Wildman–Crippen LogP) is 1.89. The number of pyridine rings is 1. The lowest BCUT2D eigenvalue weighted by Crippen LogP contribution is -2.45. The summed E-state index contributed by atoms with van der Waals surface area (Å²) < 4.78 is 37.5. The topological polar surface area (TPSA) is 79.4 Å². The monoisotopic (exact) mass is 391 g/mol. The third-order valence-electron chi connectivity index (χ3n) is 4.69. The van der Waals surface area contributed by atoms with Crippen molar-refractivity contribution in [2.45, 2.75) is 23.8 Å². The molecule has 3 rings (SSSR count). The average Bonchev–Trinajstić information content (AvgIpc) is 2.69. The number of rotatable bonds is 6. The molecule has 0 spiro atoms. The molecule has 1 N–H and O–H groups in total. The Kier molecular flexibility index (Phi) is 6.18. The van der Waals surface area contributed by atoms with Crippen LogP contribution < -0.4 is 5.32 Å². The van der Waals surface area contributed by atoms with Crippen molar-refractivity contribution < 1.29 is 17.6 Å². The molecule has 2 heterocycles. The number of carbonyl (C=O) groups excluding carboxylic acids is 1. The minimum Gasteiger partial charge on any atom is -0.339 e. The maximum Gasteiger partial charge on any atom is 0.253 e. The summed E-state index contributed by atoms with van der Waals surface area (Å²) >= 11 is 0. The molecule has 6 nitrogen and oxygen atoms in total. The van der Waals surface area contributed by atoms with Gasteiger partial charge in [0.1, 0.15) is 5.82 Å². The second kappa shape index (κ2) is 8.58. The molecule has 1 aromatic heterocycles. The molecule has 2 aromatic rings. The highest BCUT2D eigenvalue weighted by Gasteiger charge is 2.24. The van der Waals surface area contributed by atoms with E-state index in [0.717, 1.165) is 25.0 Å². The summed E-state index contributed by atoms with van der Waals surface area (Å²) in [6, 6.07) is 8.45. The first-order valence-electron chi connectivity index (χ1n) is 8.87. The summed E-state index contributed by atoms with van der Waals surface area (Å²) in [7, 11) is -3.44. The van der Waals surface area contributed by atoms with Crippen LogP contribution in [0.3, 0.4) is 0 Å². The fourth-order valence-corrected chi connectivity index (χ4v) is 4.29. The fourth-order valence-electron chi connectivity index (χ4n) is 3.12. The molecule has 0 unspecified atom stereocenters. The molecule has 1 saturated heterocycles. The largest absolute Gasteiger partial charge is 0.339 e. The van der Waals surface area contributed by atoms with Crippen molar-refractivity contribution >= 4 is 15.7 Å². The Bertz CT molecular complexity index is 865. The van der Waals surface area contributed by atoms with Crippen molar-refractivity contribution in [3.8, 4) is 0 Å². The van der Waals surface area contributed by atoms with Crippen LogP contribution in [0.15, 0.2) is 53.7 Å². The smallest absolute Gasteiger partial charge is 0.253 e. The number of likely N-dealkylation sites (tertiary alicyclic amines) is 1. The zero-order valence-corrected chi connectivity index (χ0v) is 15.7. The van der Waals surface area contributed by atoms with Crippen LogP contribution in [0.4, 0.5) is 4.39 Å². The lowest BCUT2D eigenvalue weighted by atomic mass is 10.0. The summed E-state index contributed by atoms with van der Waals surface area (Å²) in [6.45, 7) is 1.58. The second-order valence-corrected chi connectivity index (χ2v) is 8.64. The standard InChI is InChI=1S/C19H22FN3O3S/c20-16-1-3-18(4-2-16)27(25,26)14-11-22-17-7-12-23(13-8-17)19(24)15-5-9-21-10-6-15/h1-6,9-10,17,22H,7-8,11-14H2. The number of sulfone groups is 1. The van der Waals surface area contributed by atoms with Gasteiger partial charge in [-0.05, 0) is 49.2 Å². The number of hydrogen-bond donors (Lipinski definition) is 1. The number of benzene rings is 1. The number of nitrogens with zero attached hydrogens (tertiary/aromatic N) is 2. The molecule has 1 fully saturated rings. The van der Waals surface area contributed by atoms with Crippen LogP contribution in [0.1, 0.15) is 23.2 Å². The first-order valence-corrected chi connectivity index (χ1v) is 10.5. The third-order valence-corrected chi connectivity index (χ3v) is 6.42. The number of halogens is 1. The predicted molar refractivity (Wildman–Crippen MR) is 99.6 cm³/mol. The van der Waals surface area contributed by atoms with Gasteiger partial charge in [0.05, 0.1) is 10.6 Å². The van der Waals surface area contributed by atoms with E-state index in [-0.39, 0.29) is 22.6 Å². The minimum atomic E-state index is -3.44. The summed E-state index contributed by atoms with van der Waals surface area (Å²) in [5.41, 5.74) is 0.627. The minimum absolute atomic E-state index is 0.00487. The van der Waals surface area contributed by atoms with E-state index in [1.807, 2.05) is 4.90 Å². The zero-order chi connectivity index (χ0) is 19.3. The summed E-state index contributed by atoms with van der Waals surface area (Å²) in [6.07, 6.45) is 4.74. The molecule has 1 aliphatic heterocycles. The number of carbonyl (C=O) groups is 1. The molecule has 8 heteroatoms. The van der Waals surface area contributed by atoms with E-state index in [9.17, 15) is 17.6 Å². The van der Waals surface area contributed by atoms with Gasteiger partial charge in [-0.2, -0.15) is 0 Å². The molecule has 27 heavy (non-hydrogen) atoms. The van der Waals surface area contributed by atoms with Crippen molar-refractivity contribution in [3.05, 3.63) is 60.2 Å². The van der Waals surface area contributed by atoms with E-state index in [1.54, 1.807) is 24.5 Å². The van der Waals surface area contributed by atoms with Crippen molar-refractivity contribution in [3.63, 3.8) is 0 Å². The summed E-state index contributed by atoms with van der Waals surface area (Å²) in [5.74, 6) is -0.510. The Morgan fingerprint density at radius 1 is 1.11 bits per heavy atom. The Morgan fingerprint density at radius 3 is 2.37 bits per heavy atom. The van der Waals surface area contributed by atoms with Gasteiger partial charge in [-0.1, -0.05) is 0 Å². The highest BCUT2D eigenvalue weighted by molar-refractivity contribution is 7.91. The van der Waals surface area contributed by atoms with Gasteiger partial charge in [0.15, 0.2) is 9.84 Å². The summed E-state index contributed by atoms with van der Waals surface area (Å²) in [4.78, 5) is 18.3. The van der Waals surface area contributed by atoms with Crippen LogP contribution in [0.2, 0.25) is 0 Å². The Labute approximate surface area is 158 Å². The van der Waals surface area contributed by atoms with Crippen LogP contribution in [0.5, 0.6) is 0 Å².